The molecule has 7 nitrogen and oxygen atoms in total. The highest BCUT2D eigenvalue weighted by atomic mass is 16.5. The second-order valence-corrected chi connectivity index (χ2v) is 7.15. The van der Waals surface area contributed by atoms with E-state index >= 15 is 0 Å². The van der Waals surface area contributed by atoms with Crippen molar-refractivity contribution in [2.24, 2.45) is 5.92 Å². The molecule has 1 aromatic rings. The molecule has 146 valence electrons. The lowest BCUT2D eigenvalue weighted by atomic mass is 10.0. The summed E-state index contributed by atoms with van der Waals surface area (Å²) in [5, 5.41) is 2.83. The van der Waals surface area contributed by atoms with Crippen LogP contribution in [-0.2, 0) is 4.74 Å². The number of rotatable bonds is 8. The molecule has 0 aliphatic rings. The van der Waals surface area contributed by atoms with Gasteiger partial charge in [0.1, 0.15) is 5.69 Å². The predicted molar refractivity (Wildman–Crippen MR) is 101 cm³/mol. The molecule has 0 aliphatic carbocycles. The van der Waals surface area contributed by atoms with Gasteiger partial charge in [-0.25, -0.2) is 9.59 Å². The van der Waals surface area contributed by atoms with Gasteiger partial charge in [-0.15, -0.1) is 0 Å². The normalized spacial score (nSPS) is 11.0. The maximum Gasteiger partial charge on any atom is 0.355 e. The number of aryl methyl sites for hydroxylation is 1. The van der Waals surface area contributed by atoms with Gasteiger partial charge >= 0.3 is 12.0 Å². The number of Topliss-reactive ketones (excluding diaryl/α,β-unsaturated/α-hetero) is 1. The van der Waals surface area contributed by atoms with Gasteiger partial charge in [-0.1, -0.05) is 13.8 Å². The molecule has 0 unspecified atom stereocenters. The number of esters is 1. The molecular weight excluding hydrogens is 334 g/mol. The average molecular weight is 365 g/mol. The van der Waals surface area contributed by atoms with E-state index in [1.165, 1.54) is 4.90 Å². The van der Waals surface area contributed by atoms with Gasteiger partial charge in [0.25, 0.3) is 0 Å². The van der Waals surface area contributed by atoms with Gasteiger partial charge in [0.2, 0.25) is 0 Å². The van der Waals surface area contributed by atoms with E-state index in [0.717, 1.165) is 0 Å². The summed E-state index contributed by atoms with van der Waals surface area (Å²) in [5.74, 6) is -0.459. The summed E-state index contributed by atoms with van der Waals surface area (Å²) in [6, 6.07) is -0.281. The number of aromatic amines is 1. The minimum absolute atomic E-state index is 0.0154. The number of carbonyl (C=O) groups is 3. The summed E-state index contributed by atoms with van der Waals surface area (Å²) in [4.78, 5) is 41.7. The number of hydrogen-bond acceptors (Lipinski definition) is 4. The van der Waals surface area contributed by atoms with Gasteiger partial charge in [-0.2, -0.15) is 0 Å². The SMILES string of the molecule is CCOC(=O)c1[nH]c(C)c(C(=O)CN(CC(C)C)C(=O)NC(C)C)c1C. The first-order valence-corrected chi connectivity index (χ1v) is 9.03. The molecule has 2 amide bonds. The predicted octanol–water partition coefficient (Wildman–Crippen LogP) is 3.07. The molecule has 1 rings (SSSR count). The highest BCUT2D eigenvalue weighted by Gasteiger charge is 2.26. The summed E-state index contributed by atoms with van der Waals surface area (Å²) in [6.07, 6.45) is 0. The monoisotopic (exact) mass is 365 g/mol. The number of ether oxygens (including phenoxy) is 1. The Morgan fingerprint density at radius 2 is 1.77 bits per heavy atom. The molecule has 26 heavy (non-hydrogen) atoms. The minimum atomic E-state index is -0.483. The first-order valence-electron chi connectivity index (χ1n) is 9.03. The first kappa shape index (κ1) is 21.7. The van der Waals surface area contributed by atoms with Crippen molar-refractivity contribution in [3.8, 4) is 0 Å². The van der Waals surface area contributed by atoms with Gasteiger partial charge in [0.15, 0.2) is 5.78 Å². The lowest BCUT2D eigenvalue weighted by Crippen LogP contribution is -2.46. The van der Waals surface area contributed by atoms with Crippen molar-refractivity contribution in [3.05, 3.63) is 22.5 Å². The molecule has 0 aromatic carbocycles. The van der Waals surface area contributed by atoms with E-state index in [0.29, 0.717) is 23.4 Å². The fraction of sp³-hybridized carbons (Fsp3) is 0.632. The number of aromatic nitrogens is 1. The second kappa shape index (κ2) is 9.40. The van der Waals surface area contributed by atoms with Crippen LogP contribution in [0.15, 0.2) is 0 Å². The van der Waals surface area contributed by atoms with Crippen molar-refractivity contribution < 1.29 is 19.1 Å². The Morgan fingerprint density at radius 1 is 1.15 bits per heavy atom. The zero-order valence-corrected chi connectivity index (χ0v) is 16.9. The van der Waals surface area contributed by atoms with Crippen LogP contribution in [0.4, 0.5) is 4.79 Å². The van der Waals surface area contributed by atoms with E-state index in [-0.39, 0.29) is 42.6 Å². The third kappa shape index (κ3) is 5.61. The Balaban J connectivity index is 3.06. The number of ketones is 1. The van der Waals surface area contributed by atoms with Crippen LogP contribution in [0.5, 0.6) is 0 Å². The maximum absolute atomic E-state index is 12.9. The molecule has 0 radical (unpaired) electrons. The van der Waals surface area contributed by atoms with E-state index in [2.05, 4.69) is 10.3 Å². The van der Waals surface area contributed by atoms with Crippen LogP contribution >= 0.6 is 0 Å². The number of H-pyrrole nitrogens is 1. The van der Waals surface area contributed by atoms with Gasteiger partial charge in [0.05, 0.1) is 13.2 Å². The van der Waals surface area contributed by atoms with Crippen LogP contribution in [0.2, 0.25) is 0 Å². The highest BCUT2D eigenvalue weighted by molar-refractivity contribution is 6.04. The Morgan fingerprint density at radius 3 is 2.27 bits per heavy atom. The highest BCUT2D eigenvalue weighted by Crippen LogP contribution is 2.20. The Hall–Kier alpha value is -2.31. The van der Waals surface area contributed by atoms with E-state index in [1.807, 2.05) is 27.7 Å². The molecule has 0 fully saturated rings. The van der Waals surface area contributed by atoms with Crippen LogP contribution in [0.1, 0.15) is 66.7 Å². The Labute approximate surface area is 155 Å². The minimum Gasteiger partial charge on any atom is -0.461 e. The van der Waals surface area contributed by atoms with Crippen LogP contribution in [0.25, 0.3) is 0 Å². The molecule has 7 heteroatoms. The van der Waals surface area contributed by atoms with Crippen molar-refractivity contribution in [1.29, 1.82) is 0 Å². The quantitative estimate of drug-likeness (QED) is 0.547. The second-order valence-electron chi connectivity index (χ2n) is 7.15. The van der Waals surface area contributed by atoms with E-state index in [1.54, 1.807) is 20.8 Å². The van der Waals surface area contributed by atoms with E-state index in [4.69, 9.17) is 4.74 Å². The number of amides is 2. The zero-order chi connectivity index (χ0) is 20.0. The van der Waals surface area contributed by atoms with Crippen LogP contribution in [0, 0.1) is 19.8 Å². The molecule has 0 bridgehead atoms. The Kier molecular flexibility index (Phi) is 7.86. The van der Waals surface area contributed by atoms with Crippen LogP contribution in [0.3, 0.4) is 0 Å². The number of nitrogens with one attached hydrogen (secondary N) is 2. The lowest BCUT2D eigenvalue weighted by molar-refractivity contribution is 0.0519. The van der Waals surface area contributed by atoms with Crippen molar-refractivity contribution in [2.75, 3.05) is 19.7 Å². The number of nitrogens with zero attached hydrogens (tertiary/aromatic N) is 1. The van der Waals surface area contributed by atoms with Crippen molar-refractivity contribution in [3.63, 3.8) is 0 Å². The molecule has 0 aliphatic heterocycles. The summed E-state index contributed by atoms with van der Waals surface area (Å²) < 4.78 is 5.02. The summed E-state index contributed by atoms with van der Waals surface area (Å²) in [6.45, 7) is 13.6. The average Bonchev–Trinajstić information content (AvgIpc) is 2.80. The topological polar surface area (TPSA) is 91.5 Å². The lowest BCUT2D eigenvalue weighted by Gasteiger charge is -2.25. The van der Waals surface area contributed by atoms with Gasteiger partial charge in [0, 0.05) is 23.8 Å². The van der Waals surface area contributed by atoms with Crippen LogP contribution < -0.4 is 5.32 Å². The van der Waals surface area contributed by atoms with Crippen molar-refractivity contribution in [2.45, 2.75) is 54.5 Å². The maximum atomic E-state index is 12.9. The molecule has 2 N–H and O–H groups in total. The van der Waals surface area contributed by atoms with Gasteiger partial charge in [-0.3, -0.25) is 4.79 Å². The molecule has 0 spiro atoms. The summed E-state index contributed by atoms with van der Waals surface area (Å²) in [5.41, 5.74) is 1.89. The van der Waals surface area contributed by atoms with Gasteiger partial charge < -0.3 is 19.9 Å². The fourth-order valence-electron chi connectivity index (χ4n) is 2.83. The molecular formula is C19H31N3O4. The summed E-state index contributed by atoms with van der Waals surface area (Å²) >= 11 is 0. The van der Waals surface area contributed by atoms with Crippen LogP contribution in [-0.4, -0.2) is 53.4 Å². The zero-order valence-electron chi connectivity index (χ0n) is 16.9. The third-order valence-corrected chi connectivity index (χ3v) is 3.82. The molecule has 1 heterocycles. The van der Waals surface area contributed by atoms with E-state index in [9.17, 15) is 14.4 Å². The fourth-order valence-corrected chi connectivity index (χ4v) is 2.83. The smallest absolute Gasteiger partial charge is 0.355 e. The number of carbonyl (C=O) groups excluding carboxylic acids is 3. The standard InChI is InChI=1S/C19H31N3O4/c1-8-26-18(24)17-13(6)16(14(7)21-17)15(23)10-22(9-11(2)3)19(25)20-12(4)5/h11-12,21H,8-10H2,1-7H3,(H,20,25). The van der Waals surface area contributed by atoms with Crippen molar-refractivity contribution >= 4 is 17.8 Å². The Bertz CT molecular complexity index is 662. The number of urea groups is 1. The third-order valence-electron chi connectivity index (χ3n) is 3.82. The molecule has 0 atom stereocenters. The largest absolute Gasteiger partial charge is 0.461 e. The molecule has 1 aromatic heterocycles. The molecule has 0 saturated carbocycles. The number of hydrogen-bond donors (Lipinski definition) is 2. The van der Waals surface area contributed by atoms with Crippen molar-refractivity contribution in [1.82, 2.24) is 15.2 Å². The van der Waals surface area contributed by atoms with Gasteiger partial charge in [-0.05, 0) is 46.1 Å². The summed E-state index contributed by atoms with van der Waals surface area (Å²) in [7, 11) is 0. The van der Waals surface area contributed by atoms with E-state index < -0.39 is 5.97 Å². The molecule has 0 saturated heterocycles. The first-order chi connectivity index (χ1) is 12.1.